The van der Waals surface area contributed by atoms with Crippen molar-refractivity contribution in [2.75, 3.05) is 12.3 Å². The average molecular weight is 573 g/mol. The highest BCUT2D eigenvalue weighted by molar-refractivity contribution is 7.61. The molecule has 0 saturated carbocycles. The number of rotatable bonds is 8. The van der Waals surface area contributed by atoms with E-state index in [1.807, 2.05) is 0 Å². The lowest BCUT2D eigenvalue weighted by Crippen LogP contribution is -2.46. The highest BCUT2D eigenvalue weighted by Crippen LogP contribution is 2.61. The summed E-state index contributed by atoms with van der Waals surface area (Å²) in [4.78, 5) is 41.7. The summed E-state index contributed by atoms with van der Waals surface area (Å²) in [6, 6.07) is 0. The Balaban J connectivity index is 1.39. The predicted octanol–water partition coefficient (Wildman–Crippen LogP) is -2.57. The molecule has 0 spiro atoms. The predicted molar refractivity (Wildman–Crippen MR) is 117 cm³/mol. The normalized spacial score (nSPS) is 35.9. The Kier molecular flexibility index (Phi) is 7.91. The van der Waals surface area contributed by atoms with Crippen LogP contribution in [0.1, 0.15) is 19.6 Å². The Labute approximate surface area is 206 Å². The molecule has 2 saturated heterocycles. The van der Waals surface area contributed by atoms with Crippen LogP contribution in [-0.4, -0.2) is 99.3 Å². The number of fused-ring (bicyclic) bond motifs is 1. The zero-order valence-electron chi connectivity index (χ0n) is 18.9. The zero-order chi connectivity index (χ0) is 27.3. The van der Waals surface area contributed by atoms with Crippen molar-refractivity contribution in [2.24, 2.45) is 0 Å². The van der Waals surface area contributed by atoms with Gasteiger partial charge in [-0.05, 0) is 6.92 Å². The summed E-state index contributed by atoms with van der Waals surface area (Å²) in [7, 11) is -10.7. The van der Waals surface area contributed by atoms with Gasteiger partial charge in [0.2, 0.25) is 5.95 Å². The van der Waals surface area contributed by atoms with Gasteiger partial charge in [0.05, 0.1) is 25.1 Å². The summed E-state index contributed by atoms with van der Waals surface area (Å²) >= 11 is 0. The van der Waals surface area contributed by atoms with Crippen molar-refractivity contribution in [2.45, 2.75) is 62.5 Å². The number of anilines is 1. The Hall–Kier alpha value is -1.83. The summed E-state index contributed by atoms with van der Waals surface area (Å²) in [5, 5.41) is 40.2. The number of nitrogens with zero attached hydrogens (tertiary/aromatic N) is 3. The van der Waals surface area contributed by atoms with Crippen molar-refractivity contribution >= 4 is 32.8 Å². The molecule has 0 amide bonds. The molecule has 2 aromatic rings. The van der Waals surface area contributed by atoms with Crippen molar-refractivity contribution in [1.29, 1.82) is 0 Å². The van der Waals surface area contributed by atoms with Crippen LogP contribution in [0.5, 0.6) is 0 Å². The number of ether oxygens (including phenoxy) is 2. The topological polar surface area (TPSA) is 291 Å². The van der Waals surface area contributed by atoms with E-state index in [-0.39, 0.29) is 23.5 Å². The third-order valence-electron chi connectivity index (χ3n) is 5.60. The van der Waals surface area contributed by atoms with Gasteiger partial charge in [0.25, 0.3) is 5.56 Å². The standard InChI is InChI=1S/C16H25N5O14P2/c1-5-6(22)2-7(23)15(32-5)34-37(29,30)35-36(27,28)31-3-8-10(24)11(25)14(33-8)21-4-18-9-12(21)19-16(17)20-13(9)26/h4-8,10-11,14-15,22-25H,2-3H2,1H3,(H,27,28)(H,29,30)(H3,17,19,20,26)/t5-,6-,7-,8-,10-,11-,14-,15+/m1/s1. The second-order valence-corrected chi connectivity index (χ2v) is 11.3. The van der Waals surface area contributed by atoms with E-state index in [1.165, 1.54) is 6.92 Å². The molecular formula is C16H25N5O14P2. The van der Waals surface area contributed by atoms with Gasteiger partial charge >= 0.3 is 15.6 Å². The molecule has 9 N–H and O–H groups in total. The van der Waals surface area contributed by atoms with Gasteiger partial charge in [0.1, 0.15) is 24.4 Å². The molecule has 0 bridgehead atoms. The average Bonchev–Trinajstić information content (AvgIpc) is 3.31. The van der Waals surface area contributed by atoms with Crippen molar-refractivity contribution in [1.82, 2.24) is 19.5 Å². The first kappa shape index (κ1) is 28.2. The van der Waals surface area contributed by atoms with Gasteiger partial charge in [-0.25, -0.2) is 14.1 Å². The van der Waals surface area contributed by atoms with E-state index in [1.54, 1.807) is 0 Å². The van der Waals surface area contributed by atoms with Crippen LogP contribution in [0.2, 0.25) is 0 Å². The van der Waals surface area contributed by atoms with Gasteiger partial charge in [-0.15, -0.1) is 0 Å². The Morgan fingerprint density at radius 2 is 1.86 bits per heavy atom. The van der Waals surface area contributed by atoms with Gasteiger partial charge in [-0.1, -0.05) is 0 Å². The molecule has 21 heteroatoms. The molecular weight excluding hydrogens is 548 g/mol. The van der Waals surface area contributed by atoms with Crippen LogP contribution in [0.15, 0.2) is 11.1 Å². The number of aliphatic hydroxyl groups excluding tert-OH is 4. The molecule has 2 aromatic heterocycles. The highest BCUT2D eigenvalue weighted by Gasteiger charge is 2.47. The van der Waals surface area contributed by atoms with E-state index in [0.717, 1.165) is 10.9 Å². The maximum Gasteiger partial charge on any atom is 0.483 e. The SMILES string of the molecule is C[C@H]1O[C@@H](OP(=O)(O)OP(=O)(O)OC[C@H]2O[C@@H](n3cnc4c(=O)[nH]c(N)nc43)[C@H](O)[C@@H]2O)[C@H](O)C[C@H]1O. The maximum absolute atomic E-state index is 12.3. The summed E-state index contributed by atoms with van der Waals surface area (Å²) < 4.78 is 49.5. The lowest BCUT2D eigenvalue weighted by Gasteiger charge is -2.35. The molecule has 37 heavy (non-hydrogen) atoms. The number of phosphoric acid groups is 2. The number of phosphoric ester groups is 2. The van der Waals surface area contributed by atoms with Crippen molar-refractivity contribution in [3.63, 3.8) is 0 Å². The summed E-state index contributed by atoms with van der Waals surface area (Å²) in [5.74, 6) is -0.252. The summed E-state index contributed by atoms with van der Waals surface area (Å²) in [6.07, 6.45) is -10.6. The minimum atomic E-state index is -5.37. The van der Waals surface area contributed by atoms with Gasteiger partial charge in [0.15, 0.2) is 23.7 Å². The molecule has 0 radical (unpaired) electrons. The van der Waals surface area contributed by atoms with Crippen LogP contribution in [-0.2, 0) is 32.0 Å². The fourth-order valence-electron chi connectivity index (χ4n) is 3.74. The Bertz CT molecular complexity index is 1290. The van der Waals surface area contributed by atoms with E-state index in [9.17, 15) is 44.1 Å². The first-order valence-electron chi connectivity index (χ1n) is 10.6. The maximum atomic E-state index is 12.3. The third-order valence-corrected chi connectivity index (χ3v) is 8.20. The number of hydrogen-bond acceptors (Lipinski definition) is 15. The number of H-pyrrole nitrogens is 1. The Morgan fingerprint density at radius 1 is 1.16 bits per heavy atom. The molecule has 2 unspecified atom stereocenters. The second kappa shape index (κ2) is 10.4. The number of imidazole rings is 1. The largest absolute Gasteiger partial charge is 0.483 e. The molecule has 0 aliphatic carbocycles. The van der Waals surface area contributed by atoms with Crippen LogP contribution in [0.4, 0.5) is 5.95 Å². The van der Waals surface area contributed by atoms with Crippen LogP contribution in [0.3, 0.4) is 0 Å². The smallest absolute Gasteiger partial charge is 0.390 e. The van der Waals surface area contributed by atoms with E-state index in [0.29, 0.717) is 0 Å². The summed E-state index contributed by atoms with van der Waals surface area (Å²) in [5.41, 5.74) is 4.64. The highest BCUT2D eigenvalue weighted by atomic mass is 31.3. The lowest BCUT2D eigenvalue weighted by molar-refractivity contribution is -0.233. The van der Waals surface area contributed by atoms with E-state index in [2.05, 4.69) is 28.3 Å². The van der Waals surface area contributed by atoms with Crippen LogP contribution in [0, 0.1) is 0 Å². The number of nitrogens with one attached hydrogen (secondary N) is 1. The monoisotopic (exact) mass is 573 g/mol. The number of nitrogen functional groups attached to an aromatic ring is 1. The van der Waals surface area contributed by atoms with Gasteiger partial charge in [-0.3, -0.25) is 23.4 Å². The number of nitrogens with two attached hydrogens (primary N) is 1. The molecule has 2 aliphatic rings. The number of aromatic nitrogens is 4. The fourth-order valence-corrected chi connectivity index (χ4v) is 5.91. The van der Waals surface area contributed by atoms with Gasteiger partial charge in [-0.2, -0.15) is 9.29 Å². The molecule has 4 rings (SSSR count). The van der Waals surface area contributed by atoms with E-state index < -0.39 is 77.0 Å². The Morgan fingerprint density at radius 3 is 2.57 bits per heavy atom. The summed E-state index contributed by atoms with van der Waals surface area (Å²) in [6.45, 7) is 0.484. The molecule has 4 heterocycles. The molecule has 10 atom stereocenters. The molecule has 19 nitrogen and oxygen atoms in total. The van der Waals surface area contributed by atoms with Crippen LogP contribution in [0.25, 0.3) is 11.2 Å². The van der Waals surface area contributed by atoms with Crippen molar-refractivity contribution in [3.05, 3.63) is 16.7 Å². The lowest BCUT2D eigenvalue weighted by atomic mass is 10.0. The van der Waals surface area contributed by atoms with Crippen LogP contribution >= 0.6 is 15.6 Å². The van der Waals surface area contributed by atoms with Gasteiger partial charge < -0.3 is 45.4 Å². The molecule has 2 fully saturated rings. The van der Waals surface area contributed by atoms with Crippen LogP contribution < -0.4 is 11.3 Å². The third kappa shape index (κ3) is 6.10. The van der Waals surface area contributed by atoms with Crippen molar-refractivity contribution < 1.29 is 62.2 Å². The number of hydrogen-bond donors (Lipinski definition) is 8. The molecule has 0 aromatic carbocycles. The first-order chi connectivity index (χ1) is 17.2. The number of aromatic amines is 1. The number of aliphatic hydroxyl groups is 4. The first-order valence-corrected chi connectivity index (χ1v) is 13.6. The molecule has 2 aliphatic heterocycles. The van der Waals surface area contributed by atoms with E-state index >= 15 is 0 Å². The van der Waals surface area contributed by atoms with E-state index in [4.69, 9.17) is 15.2 Å². The van der Waals surface area contributed by atoms with Crippen molar-refractivity contribution in [3.8, 4) is 0 Å². The molecule has 208 valence electrons. The fraction of sp³-hybridized carbons (Fsp3) is 0.688. The minimum Gasteiger partial charge on any atom is -0.390 e. The zero-order valence-corrected chi connectivity index (χ0v) is 20.7. The second-order valence-electron chi connectivity index (χ2n) is 8.32. The van der Waals surface area contributed by atoms with Gasteiger partial charge in [0, 0.05) is 6.42 Å². The quantitative estimate of drug-likeness (QED) is 0.150. The minimum absolute atomic E-state index is 0.0810.